The molecule has 2 aliphatic carbocycles. The number of carbonyl (C=O) groups is 1. The predicted molar refractivity (Wildman–Crippen MR) is 44.3 cm³/mol. The third kappa shape index (κ3) is 1.61. The van der Waals surface area contributed by atoms with Crippen LogP contribution in [-0.4, -0.2) is 11.1 Å². The number of rotatable bonds is 0. The van der Waals surface area contributed by atoms with Crippen LogP contribution in [0, 0.1) is 29.6 Å². The molecule has 0 bridgehead atoms. The van der Waals surface area contributed by atoms with Gasteiger partial charge in [-0.1, -0.05) is 5.92 Å². The van der Waals surface area contributed by atoms with Crippen LogP contribution in [0.5, 0.6) is 0 Å². The molecule has 2 rings (SSSR count). The van der Waals surface area contributed by atoms with E-state index in [0.717, 1.165) is 24.7 Å². The van der Waals surface area contributed by atoms with E-state index in [1.807, 2.05) is 0 Å². The molecule has 0 heterocycles. The Bertz CT molecular complexity index is 259. The molecule has 2 saturated carbocycles. The van der Waals surface area contributed by atoms with Crippen LogP contribution in [0.2, 0.25) is 0 Å². The van der Waals surface area contributed by atoms with Crippen LogP contribution in [0.3, 0.4) is 0 Å². The van der Waals surface area contributed by atoms with Crippen LogP contribution in [0.1, 0.15) is 25.7 Å². The van der Waals surface area contributed by atoms with E-state index in [1.54, 1.807) is 0 Å². The van der Waals surface area contributed by atoms with Crippen molar-refractivity contribution in [2.45, 2.75) is 25.7 Å². The second kappa shape index (κ2) is 2.82. The molecule has 0 amide bonds. The first-order valence-electron chi connectivity index (χ1n) is 4.50. The molecule has 0 saturated heterocycles. The van der Waals surface area contributed by atoms with Crippen molar-refractivity contribution < 1.29 is 9.90 Å². The zero-order chi connectivity index (χ0) is 8.55. The van der Waals surface area contributed by atoms with Crippen molar-refractivity contribution in [3.63, 3.8) is 0 Å². The molecule has 1 N–H and O–H groups in total. The Hall–Kier alpha value is -0.970. The van der Waals surface area contributed by atoms with E-state index in [-0.39, 0.29) is 0 Å². The fraction of sp³-hybridized carbons (Fsp3) is 0.700. The SMILES string of the molecule is O=C(O)C#CC1CCC2CC2C1. The number of carboxylic acids is 1. The molecular formula is C10H12O2. The van der Waals surface area contributed by atoms with Gasteiger partial charge in [-0.3, -0.25) is 0 Å². The van der Waals surface area contributed by atoms with E-state index < -0.39 is 5.97 Å². The Morgan fingerprint density at radius 3 is 2.75 bits per heavy atom. The van der Waals surface area contributed by atoms with Gasteiger partial charge in [0.05, 0.1) is 0 Å². The van der Waals surface area contributed by atoms with Gasteiger partial charge in [-0.05, 0) is 37.5 Å². The summed E-state index contributed by atoms with van der Waals surface area (Å²) in [4.78, 5) is 10.2. The van der Waals surface area contributed by atoms with Crippen LogP contribution < -0.4 is 0 Å². The Morgan fingerprint density at radius 1 is 1.25 bits per heavy atom. The lowest BCUT2D eigenvalue weighted by atomic mass is 9.90. The summed E-state index contributed by atoms with van der Waals surface area (Å²) in [5.41, 5.74) is 0. The molecule has 12 heavy (non-hydrogen) atoms. The standard InChI is InChI=1S/C10H12O2/c11-10(12)4-2-7-1-3-8-6-9(8)5-7/h7-9H,1,3,5-6H2,(H,11,12). The van der Waals surface area contributed by atoms with Gasteiger partial charge in [0.1, 0.15) is 0 Å². The maximum Gasteiger partial charge on any atom is 0.381 e. The fourth-order valence-electron chi connectivity index (χ4n) is 2.15. The number of fused-ring (bicyclic) bond motifs is 1. The first-order chi connectivity index (χ1) is 5.75. The van der Waals surface area contributed by atoms with E-state index in [1.165, 1.54) is 12.8 Å². The molecule has 0 aliphatic heterocycles. The number of carboxylic acid groups (broad SMARTS) is 1. The maximum absolute atomic E-state index is 10.2. The highest BCUT2D eigenvalue weighted by Crippen LogP contribution is 2.51. The van der Waals surface area contributed by atoms with Gasteiger partial charge in [-0.2, -0.15) is 0 Å². The van der Waals surface area contributed by atoms with E-state index in [4.69, 9.17) is 5.11 Å². The smallest absolute Gasteiger partial charge is 0.381 e. The lowest BCUT2D eigenvalue weighted by Crippen LogP contribution is -2.06. The van der Waals surface area contributed by atoms with Crippen LogP contribution in [0.15, 0.2) is 0 Å². The lowest BCUT2D eigenvalue weighted by Gasteiger charge is -2.14. The normalized spacial score (nSPS) is 37.5. The van der Waals surface area contributed by atoms with E-state index in [0.29, 0.717) is 5.92 Å². The summed E-state index contributed by atoms with van der Waals surface area (Å²) in [6.07, 6.45) is 4.89. The number of hydrogen-bond donors (Lipinski definition) is 1. The van der Waals surface area contributed by atoms with E-state index in [9.17, 15) is 4.79 Å². The van der Waals surface area contributed by atoms with E-state index in [2.05, 4.69) is 11.8 Å². The van der Waals surface area contributed by atoms with Crippen LogP contribution in [-0.2, 0) is 4.79 Å². The first kappa shape index (κ1) is 7.67. The topological polar surface area (TPSA) is 37.3 Å². The molecular weight excluding hydrogens is 152 g/mol. The van der Waals surface area contributed by atoms with Gasteiger partial charge in [0, 0.05) is 11.8 Å². The van der Waals surface area contributed by atoms with E-state index >= 15 is 0 Å². The fourth-order valence-corrected chi connectivity index (χ4v) is 2.15. The van der Waals surface area contributed by atoms with Crippen LogP contribution >= 0.6 is 0 Å². The molecule has 0 aromatic rings. The largest absolute Gasteiger partial charge is 0.472 e. The van der Waals surface area contributed by atoms with Gasteiger partial charge in [0.15, 0.2) is 0 Å². The summed E-state index contributed by atoms with van der Waals surface area (Å²) < 4.78 is 0. The van der Waals surface area contributed by atoms with Crippen molar-refractivity contribution in [2.75, 3.05) is 0 Å². The summed E-state index contributed by atoms with van der Waals surface area (Å²) in [5.74, 6) is 6.27. The predicted octanol–water partition coefficient (Wildman–Crippen LogP) is 1.51. The molecule has 3 atom stereocenters. The molecule has 2 aliphatic rings. The highest BCUT2D eigenvalue weighted by Gasteiger charge is 2.41. The molecule has 64 valence electrons. The van der Waals surface area contributed by atoms with Crippen molar-refractivity contribution in [1.29, 1.82) is 0 Å². The second-order valence-corrected chi connectivity index (χ2v) is 3.84. The van der Waals surface area contributed by atoms with Crippen molar-refractivity contribution in [3.8, 4) is 11.8 Å². The second-order valence-electron chi connectivity index (χ2n) is 3.84. The average molecular weight is 164 g/mol. The molecule has 0 aromatic heterocycles. The van der Waals surface area contributed by atoms with Gasteiger partial charge in [-0.15, -0.1) is 0 Å². The Labute approximate surface area is 72.0 Å². The Kier molecular flexibility index (Phi) is 1.80. The monoisotopic (exact) mass is 164 g/mol. The summed E-state index contributed by atoms with van der Waals surface area (Å²) in [7, 11) is 0. The number of hydrogen-bond acceptors (Lipinski definition) is 1. The van der Waals surface area contributed by atoms with Gasteiger partial charge >= 0.3 is 5.97 Å². The minimum absolute atomic E-state index is 0.366. The summed E-state index contributed by atoms with van der Waals surface area (Å²) >= 11 is 0. The number of aliphatic carboxylic acids is 1. The molecule has 2 heteroatoms. The van der Waals surface area contributed by atoms with Gasteiger partial charge in [0.2, 0.25) is 0 Å². The highest BCUT2D eigenvalue weighted by molar-refractivity contribution is 5.86. The lowest BCUT2D eigenvalue weighted by molar-refractivity contribution is -0.130. The van der Waals surface area contributed by atoms with Crippen LogP contribution in [0.4, 0.5) is 0 Å². The molecule has 0 spiro atoms. The Morgan fingerprint density at radius 2 is 2.08 bits per heavy atom. The highest BCUT2D eigenvalue weighted by atomic mass is 16.4. The zero-order valence-corrected chi connectivity index (χ0v) is 6.92. The van der Waals surface area contributed by atoms with Crippen molar-refractivity contribution in [2.24, 2.45) is 17.8 Å². The zero-order valence-electron chi connectivity index (χ0n) is 6.92. The molecule has 2 nitrogen and oxygen atoms in total. The van der Waals surface area contributed by atoms with Gasteiger partial charge < -0.3 is 5.11 Å². The summed E-state index contributed by atoms with van der Waals surface area (Å²) in [5, 5.41) is 8.35. The average Bonchev–Trinajstić information content (AvgIpc) is 2.78. The quantitative estimate of drug-likeness (QED) is 0.551. The summed E-state index contributed by atoms with van der Waals surface area (Å²) in [6.45, 7) is 0. The molecule has 3 unspecified atom stereocenters. The van der Waals surface area contributed by atoms with Crippen molar-refractivity contribution in [1.82, 2.24) is 0 Å². The maximum atomic E-state index is 10.2. The third-order valence-corrected chi connectivity index (χ3v) is 2.93. The summed E-state index contributed by atoms with van der Waals surface area (Å²) in [6, 6.07) is 0. The van der Waals surface area contributed by atoms with Gasteiger partial charge in [-0.25, -0.2) is 4.79 Å². The van der Waals surface area contributed by atoms with Gasteiger partial charge in [0.25, 0.3) is 0 Å². The van der Waals surface area contributed by atoms with Crippen LogP contribution in [0.25, 0.3) is 0 Å². The first-order valence-corrected chi connectivity index (χ1v) is 4.50. The Balaban J connectivity index is 1.89. The molecule has 0 aromatic carbocycles. The van der Waals surface area contributed by atoms with Crippen molar-refractivity contribution >= 4 is 5.97 Å². The van der Waals surface area contributed by atoms with Crippen molar-refractivity contribution in [3.05, 3.63) is 0 Å². The molecule has 0 radical (unpaired) electrons. The minimum Gasteiger partial charge on any atom is -0.472 e. The minimum atomic E-state index is -0.993. The molecule has 2 fully saturated rings. The third-order valence-electron chi connectivity index (χ3n) is 2.93.